The molecule has 0 saturated heterocycles. The fourth-order valence-corrected chi connectivity index (χ4v) is 2.94. The van der Waals surface area contributed by atoms with Gasteiger partial charge in [-0.25, -0.2) is 4.79 Å². The molecule has 0 atom stereocenters. The lowest BCUT2D eigenvalue weighted by atomic mass is 10.0. The van der Waals surface area contributed by atoms with Gasteiger partial charge in [0.2, 0.25) is 0 Å². The van der Waals surface area contributed by atoms with Crippen molar-refractivity contribution in [1.82, 2.24) is 0 Å². The molecule has 0 saturated carbocycles. The zero-order valence-corrected chi connectivity index (χ0v) is 11.4. The first-order valence-corrected chi connectivity index (χ1v) is 7.10. The van der Waals surface area contributed by atoms with E-state index < -0.39 is 5.97 Å². The normalized spacial score (nSPS) is 11.7. The molecule has 0 aliphatic carbocycles. The molecule has 3 heteroatoms. The van der Waals surface area contributed by atoms with E-state index in [1.807, 2.05) is 60.0 Å². The van der Waals surface area contributed by atoms with Gasteiger partial charge in [-0.15, -0.1) is 11.3 Å². The van der Waals surface area contributed by atoms with Gasteiger partial charge in [-0.1, -0.05) is 48.5 Å². The van der Waals surface area contributed by atoms with Crippen molar-refractivity contribution >= 4 is 39.7 Å². The maximum Gasteiger partial charge on any atom is 0.337 e. The monoisotopic (exact) mass is 280 g/mol. The van der Waals surface area contributed by atoms with Gasteiger partial charge >= 0.3 is 5.97 Å². The summed E-state index contributed by atoms with van der Waals surface area (Å²) in [6, 6.07) is 17.6. The molecule has 0 aliphatic rings. The first-order chi connectivity index (χ1) is 9.75. The van der Waals surface area contributed by atoms with Gasteiger partial charge in [-0.2, -0.15) is 0 Å². The zero-order chi connectivity index (χ0) is 13.9. The highest BCUT2D eigenvalue weighted by Crippen LogP contribution is 2.26. The summed E-state index contributed by atoms with van der Waals surface area (Å²) in [7, 11) is 0. The standard InChI is InChI=1S/C17H12O2S/c18-17(19)15(16-9-4-10-20-16)11-13-7-3-6-12-5-1-2-8-14(12)13/h1-11H,(H,18,19)/b15-11-. The van der Waals surface area contributed by atoms with Crippen molar-refractivity contribution in [2.75, 3.05) is 0 Å². The number of aliphatic carboxylic acids is 1. The average molecular weight is 280 g/mol. The summed E-state index contributed by atoms with van der Waals surface area (Å²) in [6.07, 6.45) is 1.75. The Morgan fingerprint density at radius 2 is 1.80 bits per heavy atom. The van der Waals surface area contributed by atoms with Crippen LogP contribution in [0.15, 0.2) is 60.0 Å². The van der Waals surface area contributed by atoms with E-state index in [9.17, 15) is 9.90 Å². The van der Waals surface area contributed by atoms with E-state index in [0.29, 0.717) is 5.57 Å². The van der Waals surface area contributed by atoms with Gasteiger partial charge in [-0.05, 0) is 33.9 Å². The molecular formula is C17H12O2S. The Morgan fingerprint density at radius 3 is 2.55 bits per heavy atom. The third-order valence-electron chi connectivity index (χ3n) is 3.14. The van der Waals surface area contributed by atoms with E-state index in [4.69, 9.17) is 0 Å². The van der Waals surface area contributed by atoms with Gasteiger partial charge < -0.3 is 5.11 Å². The molecule has 0 spiro atoms. The average Bonchev–Trinajstić information content (AvgIpc) is 2.98. The van der Waals surface area contributed by atoms with Crippen LogP contribution in [0.3, 0.4) is 0 Å². The number of benzene rings is 2. The maximum atomic E-state index is 11.5. The van der Waals surface area contributed by atoms with E-state index in [1.165, 1.54) is 11.3 Å². The van der Waals surface area contributed by atoms with E-state index in [1.54, 1.807) is 6.08 Å². The Hall–Kier alpha value is -2.39. The first-order valence-electron chi connectivity index (χ1n) is 6.22. The van der Waals surface area contributed by atoms with Crippen molar-refractivity contribution in [3.8, 4) is 0 Å². The second-order valence-electron chi connectivity index (χ2n) is 4.41. The van der Waals surface area contributed by atoms with E-state index >= 15 is 0 Å². The zero-order valence-electron chi connectivity index (χ0n) is 10.6. The van der Waals surface area contributed by atoms with Gasteiger partial charge in [0.1, 0.15) is 0 Å². The number of fused-ring (bicyclic) bond motifs is 1. The Balaban J connectivity index is 2.19. The third kappa shape index (κ3) is 2.36. The van der Waals surface area contributed by atoms with Crippen LogP contribution in [-0.2, 0) is 4.79 Å². The van der Waals surface area contributed by atoms with Crippen LogP contribution in [0.1, 0.15) is 10.4 Å². The van der Waals surface area contributed by atoms with Gasteiger partial charge in [-0.3, -0.25) is 0 Å². The largest absolute Gasteiger partial charge is 0.478 e. The fraction of sp³-hybridized carbons (Fsp3) is 0. The minimum absolute atomic E-state index is 0.330. The molecule has 0 fully saturated rings. The van der Waals surface area contributed by atoms with Crippen molar-refractivity contribution in [2.45, 2.75) is 0 Å². The molecule has 3 rings (SSSR count). The number of hydrogen-bond acceptors (Lipinski definition) is 2. The fourth-order valence-electron chi connectivity index (χ4n) is 2.20. The minimum Gasteiger partial charge on any atom is -0.478 e. The number of carbonyl (C=O) groups is 1. The highest BCUT2D eigenvalue weighted by Gasteiger charge is 2.12. The Labute approximate surface area is 120 Å². The molecule has 0 radical (unpaired) electrons. The van der Waals surface area contributed by atoms with Crippen LogP contribution in [0, 0.1) is 0 Å². The summed E-state index contributed by atoms with van der Waals surface area (Å²) in [6.45, 7) is 0. The predicted molar refractivity (Wildman–Crippen MR) is 83.8 cm³/mol. The number of hydrogen-bond donors (Lipinski definition) is 1. The van der Waals surface area contributed by atoms with Crippen LogP contribution in [0.5, 0.6) is 0 Å². The van der Waals surface area contributed by atoms with Crippen LogP contribution in [-0.4, -0.2) is 11.1 Å². The van der Waals surface area contributed by atoms with Crippen LogP contribution in [0.2, 0.25) is 0 Å². The first kappa shape index (κ1) is 12.6. The highest BCUT2D eigenvalue weighted by molar-refractivity contribution is 7.11. The summed E-state index contributed by atoms with van der Waals surface area (Å²) < 4.78 is 0. The Bertz CT molecular complexity index is 780. The van der Waals surface area contributed by atoms with Gasteiger partial charge in [0.05, 0.1) is 5.57 Å². The third-order valence-corrected chi connectivity index (χ3v) is 4.04. The second kappa shape index (κ2) is 5.31. The smallest absolute Gasteiger partial charge is 0.337 e. The van der Waals surface area contributed by atoms with Gasteiger partial charge in [0.25, 0.3) is 0 Å². The number of thiophene rings is 1. The number of carboxylic acids is 1. The molecule has 0 amide bonds. The molecule has 0 aliphatic heterocycles. The van der Waals surface area contributed by atoms with Crippen molar-refractivity contribution in [3.05, 3.63) is 70.4 Å². The highest BCUT2D eigenvalue weighted by atomic mass is 32.1. The van der Waals surface area contributed by atoms with Gasteiger partial charge in [0.15, 0.2) is 0 Å². The molecule has 98 valence electrons. The molecule has 0 unspecified atom stereocenters. The summed E-state index contributed by atoms with van der Waals surface area (Å²) in [5, 5.41) is 13.5. The second-order valence-corrected chi connectivity index (χ2v) is 5.36. The lowest BCUT2D eigenvalue weighted by Crippen LogP contribution is -1.97. The molecule has 2 nitrogen and oxygen atoms in total. The number of carboxylic acid groups (broad SMARTS) is 1. The summed E-state index contributed by atoms with van der Waals surface area (Å²) in [4.78, 5) is 12.2. The van der Waals surface area contributed by atoms with Crippen LogP contribution in [0.4, 0.5) is 0 Å². The van der Waals surface area contributed by atoms with Crippen molar-refractivity contribution < 1.29 is 9.90 Å². The molecule has 1 aromatic heterocycles. The van der Waals surface area contributed by atoms with Crippen molar-refractivity contribution in [3.63, 3.8) is 0 Å². The molecule has 0 bridgehead atoms. The molecule has 3 aromatic rings. The SMILES string of the molecule is O=C(O)/C(=C\c1cccc2ccccc12)c1cccs1. The number of rotatable bonds is 3. The Kier molecular flexibility index (Phi) is 3.35. The predicted octanol–water partition coefficient (Wildman–Crippen LogP) is 4.53. The molecular weight excluding hydrogens is 268 g/mol. The minimum atomic E-state index is -0.902. The molecule has 1 heterocycles. The van der Waals surface area contributed by atoms with Crippen LogP contribution in [0.25, 0.3) is 22.4 Å². The van der Waals surface area contributed by atoms with E-state index in [0.717, 1.165) is 21.2 Å². The molecule has 20 heavy (non-hydrogen) atoms. The van der Waals surface area contributed by atoms with Crippen molar-refractivity contribution in [2.24, 2.45) is 0 Å². The molecule has 2 aromatic carbocycles. The molecule has 1 N–H and O–H groups in total. The van der Waals surface area contributed by atoms with Crippen molar-refractivity contribution in [1.29, 1.82) is 0 Å². The van der Waals surface area contributed by atoms with Gasteiger partial charge in [0, 0.05) is 4.88 Å². The van der Waals surface area contributed by atoms with E-state index in [-0.39, 0.29) is 0 Å². The lowest BCUT2D eigenvalue weighted by Gasteiger charge is -2.04. The summed E-state index contributed by atoms with van der Waals surface area (Å²) >= 11 is 1.43. The Morgan fingerprint density at radius 1 is 1.00 bits per heavy atom. The van der Waals surface area contributed by atoms with Crippen LogP contribution < -0.4 is 0 Å². The topological polar surface area (TPSA) is 37.3 Å². The van der Waals surface area contributed by atoms with E-state index in [2.05, 4.69) is 0 Å². The summed E-state index contributed by atoms with van der Waals surface area (Å²) in [5.74, 6) is -0.902. The van der Waals surface area contributed by atoms with Crippen LogP contribution >= 0.6 is 11.3 Å². The maximum absolute atomic E-state index is 11.5. The summed E-state index contributed by atoms with van der Waals surface area (Å²) in [5.41, 5.74) is 1.25. The lowest BCUT2D eigenvalue weighted by molar-refractivity contribution is -0.130. The quantitative estimate of drug-likeness (QED) is 0.716.